The zero-order valence-electron chi connectivity index (χ0n) is 11.7. The minimum Gasteiger partial charge on any atom is -0.298 e. The Labute approximate surface area is 115 Å². The molecule has 0 amide bonds. The van der Waals surface area contributed by atoms with Crippen molar-refractivity contribution in [2.75, 3.05) is 19.6 Å². The van der Waals surface area contributed by atoms with E-state index < -0.39 is 0 Å². The number of halogens is 1. The molecule has 104 valence electrons. The highest BCUT2D eigenvalue weighted by Crippen LogP contribution is 2.25. The van der Waals surface area contributed by atoms with E-state index in [2.05, 4.69) is 16.7 Å². The number of benzene rings is 1. The third-order valence-electron chi connectivity index (χ3n) is 4.59. The Morgan fingerprint density at radius 1 is 1.26 bits per heavy atom. The molecular weight excluding hydrogens is 239 g/mol. The Morgan fingerprint density at radius 2 is 2.16 bits per heavy atom. The van der Waals surface area contributed by atoms with Crippen molar-refractivity contribution in [1.29, 1.82) is 0 Å². The molecule has 0 bridgehead atoms. The van der Waals surface area contributed by atoms with Gasteiger partial charge in [0, 0.05) is 31.7 Å². The van der Waals surface area contributed by atoms with Crippen molar-refractivity contribution < 1.29 is 4.39 Å². The summed E-state index contributed by atoms with van der Waals surface area (Å²) in [5.41, 5.74) is 1.09. The van der Waals surface area contributed by atoms with Crippen LogP contribution in [-0.4, -0.2) is 41.5 Å². The maximum absolute atomic E-state index is 13.3. The molecule has 2 heterocycles. The smallest absolute Gasteiger partial charge is 0.123 e. The molecule has 0 aliphatic carbocycles. The van der Waals surface area contributed by atoms with Gasteiger partial charge in [-0.25, -0.2) is 4.39 Å². The average molecular weight is 262 g/mol. The molecule has 0 saturated carbocycles. The summed E-state index contributed by atoms with van der Waals surface area (Å²) < 4.78 is 13.3. The number of piperazine rings is 1. The summed E-state index contributed by atoms with van der Waals surface area (Å²) >= 11 is 0. The summed E-state index contributed by atoms with van der Waals surface area (Å²) in [4.78, 5) is 5.16. The summed E-state index contributed by atoms with van der Waals surface area (Å²) in [7, 11) is 0. The molecule has 0 radical (unpaired) electrons. The van der Waals surface area contributed by atoms with E-state index in [0.29, 0.717) is 6.04 Å². The minimum absolute atomic E-state index is 0.124. The lowest BCUT2D eigenvalue weighted by Gasteiger charge is -2.47. The van der Waals surface area contributed by atoms with E-state index in [-0.39, 0.29) is 5.82 Å². The predicted molar refractivity (Wildman–Crippen MR) is 75.5 cm³/mol. The molecule has 2 aliphatic rings. The van der Waals surface area contributed by atoms with E-state index in [4.69, 9.17) is 0 Å². The molecule has 19 heavy (non-hydrogen) atoms. The van der Waals surface area contributed by atoms with Crippen LogP contribution in [0.4, 0.5) is 4.39 Å². The lowest BCUT2D eigenvalue weighted by molar-refractivity contribution is 0.0110. The van der Waals surface area contributed by atoms with Crippen LogP contribution in [0, 0.1) is 5.82 Å². The maximum Gasteiger partial charge on any atom is 0.123 e. The van der Waals surface area contributed by atoms with Crippen LogP contribution in [0.3, 0.4) is 0 Å². The number of hydrogen-bond acceptors (Lipinski definition) is 2. The summed E-state index contributed by atoms with van der Waals surface area (Å²) in [5.74, 6) is -0.124. The van der Waals surface area contributed by atoms with Crippen LogP contribution < -0.4 is 0 Å². The van der Waals surface area contributed by atoms with Gasteiger partial charge in [-0.15, -0.1) is 0 Å². The van der Waals surface area contributed by atoms with Crippen molar-refractivity contribution in [3.8, 4) is 0 Å². The zero-order valence-corrected chi connectivity index (χ0v) is 11.7. The van der Waals surface area contributed by atoms with Crippen molar-refractivity contribution in [1.82, 2.24) is 9.80 Å². The van der Waals surface area contributed by atoms with Gasteiger partial charge in [-0.1, -0.05) is 18.6 Å². The Balaban J connectivity index is 1.67. The van der Waals surface area contributed by atoms with Crippen LogP contribution in [0.15, 0.2) is 24.3 Å². The SMILES string of the molecule is C[C@@H]1CN2CCCC[C@@H]2CN1Cc1cccc(F)c1. The van der Waals surface area contributed by atoms with Gasteiger partial charge in [0.05, 0.1) is 0 Å². The quantitative estimate of drug-likeness (QED) is 0.808. The van der Waals surface area contributed by atoms with Crippen molar-refractivity contribution >= 4 is 0 Å². The van der Waals surface area contributed by atoms with Gasteiger partial charge >= 0.3 is 0 Å². The topological polar surface area (TPSA) is 6.48 Å². The van der Waals surface area contributed by atoms with Crippen LogP contribution in [0.1, 0.15) is 31.7 Å². The highest BCUT2D eigenvalue weighted by atomic mass is 19.1. The van der Waals surface area contributed by atoms with Gasteiger partial charge in [0.1, 0.15) is 5.82 Å². The van der Waals surface area contributed by atoms with E-state index in [1.54, 1.807) is 6.07 Å². The van der Waals surface area contributed by atoms with Gasteiger partial charge in [0.25, 0.3) is 0 Å². The molecule has 2 saturated heterocycles. The van der Waals surface area contributed by atoms with E-state index >= 15 is 0 Å². The van der Waals surface area contributed by atoms with Crippen molar-refractivity contribution in [2.45, 2.75) is 44.8 Å². The number of nitrogens with zero attached hydrogens (tertiary/aromatic N) is 2. The van der Waals surface area contributed by atoms with Crippen LogP contribution in [-0.2, 0) is 6.54 Å². The van der Waals surface area contributed by atoms with Crippen LogP contribution in [0.5, 0.6) is 0 Å². The number of rotatable bonds is 2. The third kappa shape index (κ3) is 2.98. The Morgan fingerprint density at radius 3 is 3.00 bits per heavy atom. The fourth-order valence-electron chi connectivity index (χ4n) is 3.50. The number of hydrogen-bond donors (Lipinski definition) is 0. The molecular formula is C16H23FN2. The fourth-order valence-corrected chi connectivity index (χ4v) is 3.50. The highest BCUT2D eigenvalue weighted by Gasteiger charge is 2.32. The minimum atomic E-state index is -0.124. The molecule has 0 unspecified atom stereocenters. The molecule has 3 rings (SSSR count). The lowest BCUT2D eigenvalue weighted by atomic mass is 9.97. The largest absolute Gasteiger partial charge is 0.298 e. The van der Waals surface area contributed by atoms with E-state index in [9.17, 15) is 4.39 Å². The second-order valence-electron chi connectivity index (χ2n) is 6.05. The fraction of sp³-hybridized carbons (Fsp3) is 0.625. The van der Waals surface area contributed by atoms with Crippen molar-refractivity contribution in [2.24, 2.45) is 0 Å². The zero-order chi connectivity index (χ0) is 13.2. The molecule has 2 nitrogen and oxygen atoms in total. The maximum atomic E-state index is 13.3. The Bertz CT molecular complexity index is 435. The van der Waals surface area contributed by atoms with Gasteiger partial charge in [-0.05, 0) is 44.0 Å². The molecule has 2 aliphatic heterocycles. The molecule has 0 spiro atoms. The van der Waals surface area contributed by atoms with Crippen LogP contribution in [0.2, 0.25) is 0 Å². The highest BCUT2D eigenvalue weighted by molar-refractivity contribution is 5.16. The van der Waals surface area contributed by atoms with E-state index in [1.165, 1.54) is 38.4 Å². The molecule has 0 N–H and O–H groups in total. The molecule has 2 atom stereocenters. The first-order valence-corrected chi connectivity index (χ1v) is 7.45. The van der Waals surface area contributed by atoms with Gasteiger partial charge < -0.3 is 0 Å². The molecule has 1 aromatic rings. The summed E-state index contributed by atoms with van der Waals surface area (Å²) in [5, 5.41) is 0. The normalized spacial score (nSPS) is 29.2. The molecule has 3 heteroatoms. The standard InChI is InChI=1S/C16H23FN2/c1-13-10-18-8-3-2-7-16(18)12-19(13)11-14-5-4-6-15(17)9-14/h4-6,9,13,16H,2-3,7-8,10-12H2,1H3/t13-,16-/m1/s1. The second-order valence-corrected chi connectivity index (χ2v) is 6.05. The van der Waals surface area contributed by atoms with Gasteiger partial charge in [-0.3, -0.25) is 9.80 Å². The summed E-state index contributed by atoms with van der Waals surface area (Å²) in [6, 6.07) is 8.32. The Hall–Kier alpha value is -0.930. The lowest BCUT2D eigenvalue weighted by Crippen LogP contribution is -2.58. The van der Waals surface area contributed by atoms with Gasteiger partial charge in [-0.2, -0.15) is 0 Å². The van der Waals surface area contributed by atoms with Crippen molar-refractivity contribution in [3.05, 3.63) is 35.6 Å². The first-order chi connectivity index (χ1) is 9.22. The van der Waals surface area contributed by atoms with Gasteiger partial charge in [0.15, 0.2) is 0 Å². The first kappa shape index (κ1) is 13.1. The summed E-state index contributed by atoms with van der Waals surface area (Å²) in [6.07, 6.45) is 4.04. The number of fused-ring (bicyclic) bond motifs is 1. The second kappa shape index (κ2) is 5.59. The third-order valence-corrected chi connectivity index (χ3v) is 4.59. The number of piperidine rings is 1. The Kier molecular flexibility index (Phi) is 3.85. The first-order valence-electron chi connectivity index (χ1n) is 7.45. The molecule has 1 aromatic carbocycles. The molecule has 0 aromatic heterocycles. The van der Waals surface area contributed by atoms with E-state index in [1.807, 2.05) is 12.1 Å². The predicted octanol–water partition coefficient (Wildman–Crippen LogP) is 2.88. The summed E-state index contributed by atoms with van der Waals surface area (Å²) in [6.45, 7) is 6.74. The molecule has 2 fully saturated rings. The van der Waals surface area contributed by atoms with Crippen LogP contribution in [0.25, 0.3) is 0 Å². The average Bonchev–Trinajstić information content (AvgIpc) is 2.40. The van der Waals surface area contributed by atoms with Crippen molar-refractivity contribution in [3.63, 3.8) is 0 Å². The van der Waals surface area contributed by atoms with Gasteiger partial charge in [0.2, 0.25) is 0 Å². The van der Waals surface area contributed by atoms with Crippen LogP contribution >= 0.6 is 0 Å². The van der Waals surface area contributed by atoms with E-state index in [0.717, 1.165) is 24.7 Å². The monoisotopic (exact) mass is 262 g/mol.